The number of thiophene rings is 1. The maximum atomic E-state index is 11.2. The van der Waals surface area contributed by atoms with E-state index in [0.717, 1.165) is 77.4 Å². The molecule has 0 atom stereocenters. The van der Waals surface area contributed by atoms with E-state index in [4.69, 9.17) is 0 Å². The average molecular weight is 742 g/mol. The standard InChI is InChI=1S/C51H41N4S/c1-37-18-16-17-27-47(37)55(45-25-14-7-15-26-45)51-46(36-52)49(38-19-8-4-9-20-38)50(56-51)48(39-28-32-43(33-29-39)53(2)41-21-10-5-11-22-41)40-30-34-44(35-31-40)54(3)42-23-12-6-13-24-42/h4-35H,1-3H3/q+1. The van der Waals surface area contributed by atoms with Gasteiger partial charge in [-0.25, -0.2) is 0 Å². The van der Waals surface area contributed by atoms with E-state index < -0.39 is 0 Å². The van der Waals surface area contributed by atoms with E-state index in [9.17, 15) is 5.26 Å². The number of para-hydroxylation sites is 4. The van der Waals surface area contributed by atoms with Gasteiger partial charge in [-0.05, 0) is 83.8 Å². The van der Waals surface area contributed by atoms with E-state index in [2.05, 4.69) is 211 Å². The molecular formula is C51H41N4S+. The van der Waals surface area contributed by atoms with Crippen LogP contribution in [0.2, 0.25) is 0 Å². The molecule has 0 saturated carbocycles. The minimum Gasteiger partial charge on any atom is -0.345 e. The second kappa shape index (κ2) is 16.2. The average Bonchev–Trinajstić information content (AvgIpc) is 3.64. The van der Waals surface area contributed by atoms with Crippen molar-refractivity contribution >= 4 is 56.1 Å². The highest BCUT2D eigenvalue weighted by atomic mass is 32.1. The Labute approximate surface area is 333 Å². The van der Waals surface area contributed by atoms with Crippen LogP contribution in [0.25, 0.3) is 16.7 Å². The van der Waals surface area contributed by atoms with Gasteiger partial charge in [-0.3, -0.25) is 0 Å². The fraction of sp³-hybridized carbons (Fsp3) is 0.0588. The minimum absolute atomic E-state index is 0.640. The fourth-order valence-corrected chi connectivity index (χ4v) is 8.63. The Hall–Kier alpha value is -7.00. The number of anilines is 5. The zero-order valence-electron chi connectivity index (χ0n) is 31.7. The summed E-state index contributed by atoms with van der Waals surface area (Å²) in [4.78, 5) is 5.48. The van der Waals surface area contributed by atoms with Crippen molar-refractivity contribution in [3.63, 3.8) is 0 Å². The van der Waals surface area contributed by atoms with E-state index in [-0.39, 0.29) is 0 Å². The van der Waals surface area contributed by atoms with Crippen molar-refractivity contribution in [1.29, 1.82) is 5.26 Å². The van der Waals surface area contributed by atoms with Gasteiger partial charge in [0, 0.05) is 70.1 Å². The van der Waals surface area contributed by atoms with Crippen molar-refractivity contribution in [2.45, 2.75) is 6.92 Å². The third-order valence-electron chi connectivity index (χ3n) is 10.2. The lowest BCUT2D eigenvalue weighted by atomic mass is 9.90. The van der Waals surface area contributed by atoms with Crippen molar-refractivity contribution in [3.8, 4) is 17.2 Å². The number of hydrogen-bond donors (Lipinski definition) is 0. The van der Waals surface area contributed by atoms with Crippen LogP contribution in [0.5, 0.6) is 0 Å². The molecule has 0 N–H and O–H groups in total. The monoisotopic (exact) mass is 741 g/mol. The molecule has 0 amide bonds. The largest absolute Gasteiger partial charge is 0.345 e. The van der Waals surface area contributed by atoms with E-state index in [1.807, 2.05) is 24.3 Å². The fourth-order valence-electron chi connectivity index (χ4n) is 7.23. The van der Waals surface area contributed by atoms with Crippen LogP contribution in [0, 0.1) is 18.3 Å². The maximum absolute atomic E-state index is 11.2. The van der Waals surface area contributed by atoms with Gasteiger partial charge >= 0.3 is 0 Å². The van der Waals surface area contributed by atoms with Crippen LogP contribution in [0.15, 0.2) is 200 Å². The number of rotatable bonds is 9. The molecule has 0 radical (unpaired) electrons. The van der Waals surface area contributed by atoms with Crippen LogP contribution in [-0.4, -0.2) is 24.4 Å². The summed E-state index contributed by atoms with van der Waals surface area (Å²) in [7, 11) is 4.19. The third kappa shape index (κ3) is 7.14. The number of benzene rings is 6. The highest BCUT2D eigenvalue weighted by molar-refractivity contribution is 7.18. The predicted octanol–water partition coefficient (Wildman–Crippen LogP) is 13.2. The second-order valence-corrected chi connectivity index (χ2v) is 14.7. The minimum atomic E-state index is 0.640. The van der Waals surface area contributed by atoms with Crippen molar-refractivity contribution in [3.05, 3.63) is 221 Å². The van der Waals surface area contributed by atoms with E-state index in [1.165, 1.54) is 0 Å². The topological polar surface area (TPSA) is 33.3 Å². The number of nitriles is 1. The van der Waals surface area contributed by atoms with Crippen molar-refractivity contribution in [2.24, 2.45) is 0 Å². The molecule has 56 heavy (non-hydrogen) atoms. The SMILES string of the molecule is Cc1ccccc1N(c1ccccc1)c1sc(C(=C2C=CC(=[N+](C)c3ccccc3)C=C2)c2ccc(N(C)c3ccccc3)cc2)c(-c2ccccc2)c1C#N. The Kier molecular flexibility index (Phi) is 10.4. The molecule has 0 unspecified atom stereocenters. The molecular weight excluding hydrogens is 701 g/mol. The van der Waals surface area contributed by atoms with Gasteiger partial charge in [0.25, 0.3) is 0 Å². The molecule has 0 bridgehead atoms. The first kappa shape index (κ1) is 36.0. The Morgan fingerprint density at radius 3 is 1.75 bits per heavy atom. The van der Waals surface area contributed by atoms with Gasteiger partial charge in [-0.2, -0.15) is 9.84 Å². The first-order valence-corrected chi connectivity index (χ1v) is 19.5. The van der Waals surface area contributed by atoms with E-state index in [0.29, 0.717) is 5.56 Å². The van der Waals surface area contributed by atoms with Crippen LogP contribution in [0.3, 0.4) is 0 Å². The van der Waals surface area contributed by atoms with Crippen molar-refractivity contribution in [1.82, 2.24) is 0 Å². The molecule has 270 valence electrons. The summed E-state index contributed by atoms with van der Waals surface area (Å²) in [6.45, 7) is 2.13. The second-order valence-electron chi connectivity index (χ2n) is 13.7. The third-order valence-corrected chi connectivity index (χ3v) is 11.4. The summed E-state index contributed by atoms with van der Waals surface area (Å²) in [6.07, 6.45) is 8.80. The quantitative estimate of drug-likeness (QED) is 0.138. The number of allylic oxidation sites excluding steroid dienone is 5. The number of aryl methyl sites for hydroxylation is 1. The number of nitrogens with zero attached hydrogens (tertiary/aromatic N) is 4. The van der Waals surface area contributed by atoms with E-state index >= 15 is 0 Å². The van der Waals surface area contributed by atoms with Crippen LogP contribution >= 0.6 is 11.3 Å². The Balaban J connectivity index is 1.38. The van der Waals surface area contributed by atoms with Crippen molar-refractivity contribution in [2.75, 3.05) is 23.9 Å². The Bertz CT molecular complexity index is 2630. The van der Waals surface area contributed by atoms with Crippen LogP contribution < -0.4 is 9.80 Å². The Morgan fingerprint density at radius 1 is 0.607 bits per heavy atom. The van der Waals surface area contributed by atoms with Gasteiger partial charge in [-0.15, -0.1) is 11.3 Å². The molecule has 1 aromatic heterocycles. The molecule has 1 aliphatic carbocycles. The van der Waals surface area contributed by atoms with Crippen LogP contribution in [0.1, 0.15) is 21.6 Å². The van der Waals surface area contributed by atoms with Crippen LogP contribution in [-0.2, 0) is 0 Å². The van der Waals surface area contributed by atoms with Gasteiger partial charge in [0.1, 0.15) is 18.1 Å². The molecule has 1 aliphatic rings. The lowest BCUT2D eigenvalue weighted by molar-refractivity contribution is -0.403. The maximum Gasteiger partial charge on any atom is 0.205 e. The molecule has 0 aliphatic heterocycles. The molecule has 8 rings (SSSR count). The molecule has 5 heteroatoms. The lowest BCUT2D eigenvalue weighted by Gasteiger charge is -2.25. The molecule has 6 aromatic carbocycles. The lowest BCUT2D eigenvalue weighted by Crippen LogP contribution is -2.11. The summed E-state index contributed by atoms with van der Waals surface area (Å²) in [6, 6.07) is 61.4. The molecule has 0 spiro atoms. The zero-order valence-corrected chi connectivity index (χ0v) is 32.5. The molecule has 0 fully saturated rings. The highest BCUT2D eigenvalue weighted by Crippen LogP contribution is 2.51. The van der Waals surface area contributed by atoms with Gasteiger partial charge in [0.05, 0.1) is 5.56 Å². The summed E-state index contributed by atoms with van der Waals surface area (Å²) >= 11 is 1.67. The summed E-state index contributed by atoms with van der Waals surface area (Å²) in [5, 5.41) is 12.1. The molecule has 0 saturated heterocycles. The smallest absolute Gasteiger partial charge is 0.205 e. The predicted molar refractivity (Wildman–Crippen MR) is 236 cm³/mol. The van der Waals surface area contributed by atoms with Gasteiger partial charge < -0.3 is 9.80 Å². The highest BCUT2D eigenvalue weighted by Gasteiger charge is 2.29. The first-order chi connectivity index (χ1) is 27.5. The summed E-state index contributed by atoms with van der Waals surface area (Å²) < 4.78 is 2.20. The van der Waals surface area contributed by atoms with Gasteiger partial charge in [-0.1, -0.05) is 115 Å². The van der Waals surface area contributed by atoms with Crippen LogP contribution in [0.4, 0.5) is 33.4 Å². The summed E-state index contributed by atoms with van der Waals surface area (Å²) in [5.74, 6) is 0. The van der Waals surface area contributed by atoms with Gasteiger partial charge in [0.2, 0.25) is 11.4 Å². The summed E-state index contributed by atoms with van der Waals surface area (Å²) in [5.41, 5.74) is 13.3. The Morgan fingerprint density at radius 2 is 1.14 bits per heavy atom. The molecule has 1 heterocycles. The van der Waals surface area contributed by atoms with Crippen molar-refractivity contribution < 1.29 is 4.58 Å². The van der Waals surface area contributed by atoms with Gasteiger partial charge in [0.15, 0.2) is 0 Å². The van der Waals surface area contributed by atoms with E-state index in [1.54, 1.807) is 11.3 Å². The molecule has 4 nitrogen and oxygen atoms in total. The molecule has 7 aromatic rings. The zero-order chi connectivity index (χ0) is 38.4. The normalized spacial score (nSPS) is 12.0. The first-order valence-electron chi connectivity index (χ1n) is 18.7. The number of hydrogen-bond acceptors (Lipinski definition) is 4.